The van der Waals surface area contributed by atoms with E-state index in [-0.39, 0.29) is 0 Å². The standard InChI is InChI=1S/C21H24N4O/c1-16-8-9-17(2)19(14-16)25-12-10-24(11-13-25)15-20-22-23-21(26-20)18-6-4-3-5-7-18/h3-9,14H,10-13,15H2,1-2H3. The van der Waals surface area contributed by atoms with Crippen molar-refractivity contribution in [2.45, 2.75) is 20.4 Å². The van der Waals surface area contributed by atoms with E-state index in [2.05, 4.69) is 52.0 Å². The highest BCUT2D eigenvalue weighted by Crippen LogP contribution is 2.23. The lowest BCUT2D eigenvalue weighted by Crippen LogP contribution is -2.46. The van der Waals surface area contributed by atoms with Crippen LogP contribution < -0.4 is 4.90 Å². The molecular formula is C21H24N4O. The van der Waals surface area contributed by atoms with Crippen LogP contribution in [-0.4, -0.2) is 41.3 Å². The fourth-order valence-electron chi connectivity index (χ4n) is 3.41. The van der Waals surface area contributed by atoms with Crippen LogP contribution in [0.5, 0.6) is 0 Å². The quantitative estimate of drug-likeness (QED) is 0.720. The van der Waals surface area contributed by atoms with Gasteiger partial charge in [0.2, 0.25) is 11.8 Å². The summed E-state index contributed by atoms with van der Waals surface area (Å²) in [6.45, 7) is 9.07. The van der Waals surface area contributed by atoms with Gasteiger partial charge in [0, 0.05) is 37.4 Å². The Bertz CT molecular complexity index is 867. The third-order valence-corrected chi connectivity index (χ3v) is 4.92. The molecule has 1 saturated heterocycles. The van der Waals surface area contributed by atoms with Crippen molar-refractivity contribution < 1.29 is 4.42 Å². The van der Waals surface area contributed by atoms with E-state index >= 15 is 0 Å². The first-order valence-corrected chi connectivity index (χ1v) is 9.11. The van der Waals surface area contributed by atoms with Crippen molar-refractivity contribution in [2.24, 2.45) is 0 Å². The molecule has 26 heavy (non-hydrogen) atoms. The molecule has 1 aliphatic rings. The number of nitrogens with zero attached hydrogens (tertiary/aromatic N) is 4. The summed E-state index contributed by atoms with van der Waals surface area (Å²) in [4.78, 5) is 4.85. The summed E-state index contributed by atoms with van der Waals surface area (Å²) >= 11 is 0. The lowest BCUT2D eigenvalue weighted by Gasteiger charge is -2.36. The fourth-order valence-corrected chi connectivity index (χ4v) is 3.41. The number of piperazine rings is 1. The Balaban J connectivity index is 1.37. The first-order chi connectivity index (χ1) is 12.7. The van der Waals surface area contributed by atoms with Gasteiger partial charge in [0.1, 0.15) is 0 Å². The van der Waals surface area contributed by atoms with Crippen molar-refractivity contribution in [3.05, 3.63) is 65.5 Å². The lowest BCUT2D eigenvalue weighted by atomic mass is 10.1. The van der Waals surface area contributed by atoms with Gasteiger partial charge < -0.3 is 9.32 Å². The molecule has 0 radical (unpaired) electrons. The predicted octanol–water partition coefficient (Wildman–Crippen LogP) is 3.68. The summed E-state index contributed by atoms with van der Waals surface area (Å²) in [5, 5.41) is 8.40. The smallest absolute Gasteiger partial charge is 0.247 e. The highest BCUT2D eigenvalue weighted by molar-refractivity contribution is 5.55. The molecule has 0 bridgehead atoms. The van der Waals surface area contributed by atoms with E-state index < -0.39 is 0 Å². The maximum Gasteiger partial charge on any atom is 0.247 e. The summed E-state index contributed by atoms with van der Waals surface area (Å²) in [6.07, 6.45) is 0. The van der Waals surface area contributed by atoms with Crippen LogP contribution in [0.1, 0.15) is 17.0 Å². The maximum atomic E-state index is 5.84. The Morgan fingerprint density at radius 1 is 0.923 bits per heavy atom. The zero-order valence-electron chi connectivity index (χ0n) is 15.4. The minimum Gasteiger partial charge on any atom is -0.419 e. The van der Waals surface area contributed by atoms with Gasteiger partial charge in [-0.25, -0.2) is 0 Å². The molecule has 134 valence electrons. The van der Waals surface area contributed by atoms with E-state index in [1.807, 2.05) is 30.3 Å². The van der Waals surface area contributed by atoms with Crippen LogP contribution in [-0.2, 0) is 6.54 Å². The topological polar surface area (TPSA) is 45.4 Å². The van der Waals surface area contributed by atoms with E-state index in [4.69, 9.17) is 4.42 Å². The Labute approximate surface area is 154 Å². The second-order valence-corrected chi connectivity index (χ2v) is 6.92. The van der Waals surface area contributed by atoms with Crippen molar-refractivity contribution in [3.8, 4) is 11.5 Å². The van der Waals surface area contributed by atoms with E-state index in [0.29, 0.717) is 18.3 Å². The number of aromatic nitrogens is 2. The summed E-state index contributed by atoms with van der Waals surface area (Å²) < 4.78 is 5.84. The molecule has 3 aromatic rings. The van der Waals surface area contributed by atoms with Crippen LogP contribution in [0.3, 0.4) is 0 Å². The van der Waals surface area contributed by atoms with Gasteiger partial charge in [0.25, 0.3) is 0 Å². The second kappa shape index (κ2) is 7.30. The average Bonchev–Trinajstić information content (AvgIpc) is 3.14. The van der Waals surface area contributed by atoms with Gasteiger partial charge in [0.05, 0.1) is 6.54 Å². The van der Waals surface area contributed by atoms with Crippen LogP contribution in [0, 0.1) is 13.8 Å². The molecule has 1 fully saturated rings. The maximum absolute atomic E-state index is 5.84. The van der Waals surface area contributed by atoms with E-state index in [9.17, 15) is 0 Å². The molecule has 5 nitrogen and oxygen atoms in total. The van der Waals surface area contributed by atoms with Crippen molar-refractivity contribution in [2.75, 3.05) is 31.1 Å². The number of hydrogen-bond acceptors (Lipinski definition) is 5. The molecule has 2 heterocycles. The zero-order chi connectivity index (χ0) is 17.9. The van der Waals surface area contributed by atoms with Crippen molar-refractivity contribution in [1.29, 1.82) is 0 Å². The summed E-state index contributed by atoms with van der Waals surface area (Å²) in [5.41, 5.74) is 4.97. The van der Waals surface area contributed by atoms with E-state index in [1.165, 1.54) is 16.8 Å². The minimum absolute atomic E-state index is 0.592. The third-order valence-electron chi connectivity index (χ3n) is 4.92. The first kappa shape index (κ1) is 16.8. The molecule has 0 N–H and O–H groups in total. The van der Waals surface area contributed by atoms with Crippen LogP contribution in [0.25, 0.3) is 11.5 Å². The van der Waals surface area contributed by atoms with Gasteiger partial charge in [0.15, 0.2) is 0 Å². The summed E-state index contributed by atoms with van der Waals surface area (Å²) in [7, 11) is 0. The number of aryl methyl sites for hydroxylation is 2. The molecule has 4 rings (SSSR count). The highest BCUT2D eigenvalue weighted by Gasteiger charge is 2.20. The van der Waals surface area contributed by atoms with Gasteiger partial charge >= 0.3 is 0 Å². The molecule has 0 amide bonds. The molecule has 0 saturated carbocycles. The monoisotopic (exact) mass is 348 g/mol. The van der Waals surface area contributed by atoms with Crippen molar-refractivity contribution >= 4 is 5.69 Å². The largest absolute Gasteiger partial charge is 0.419 e. The normalized spacial score (nSPS) is 15.4. The minimum atomic E-state index is 0.592. The highest BCUT2D eigenvalue weighted by atomic mass is 16.4. The van der Waals surface area contributed by atoms with E-state index in [1.54, 1.807) is 0 Å². The Morgan fingerprint density at radius 3 is 2.46 bits per heavy atom. The zero-order valence-corrected chi connectivity index (χ0v) is 15.4. The molecule has 0 unspecified atom stereocenters. The Morgan fingerprint density at radius 2 is 1.69 bits per heavy atom. The molecule has 2 aromatic carbocycles. The third kappa shape index (κ3) is 3.63. The molecule has 1 aliphatic heterocycles. The average molecular weight is 348 g/mol. The first-order valence-electron chi connectivity index (χ1n) is 9.11. The van der Waals surface area contributed by atoms with Gasteiger partial charge in [-0.2, -0.15) is 0 Å². The van der Waals surface area contributed by atoms with E-state index in [0.717, 1.165) is 31.7 Å². The van der Waals surface area contributed by atoms with Crippen molar-refractivity contribution in [3.63, 3.8) is 0 Å². The van der Waals surface area contributed by atoms with Crippen LogP contribution in [0.2, 0.25) is 0 Å². The van der Waals surface area contributed by atoms with Gasteiger partial charge in [-0.1, -0.05) is 30.3 Å². The molecule has 1 aromatic heterocycles. The Hall–Kier alpha value is -2.66. The number of hydrogen-bond donors (Lipinski definition) is 0. The SMILES string of the molecule is Cc1ccc(C)c(N2CCN(Cc3nnc(-c4ccccc4)o3)CC2)c1. The molecule has 0 spiro atoms. The van der Waals surface area contributed by atoms with Crippen LogP contribution >= 0.6 is 0 Å². The number of benzene rings is 2. The van der Waals surface area contributed by atoms with Crippen molar-refractivity contribution in [1.82, 2.24) is 15.1 Å². The molecule has 5 heteroatoms. The fraction of sp³-hybridized carbons (Fsp3) is 0.333. The van der Waals surface area contributed by atoms with Gasteiger partial charge in [-0.15, -0.1) is 10.2 Å². The summed E-state index contributed by atoms with van der Waals surface area (Å²) in [5.74, 6) is 1.28. The number of anilines is 1. The molecule has 0 aliphatic carbocycles. The predicted molar refractivity (Wildman–Crippen MR) is 103 cm³/mol. The van der Waals surface area contributed by atoms with Crippen LogP contribution in [0.4, 0.5) is 5.69 Å². The van der Waals surface area contributed by atoms with Gasteiger partial charge in [-0.05, 0) is 43.2 Å². The van der Waals surface area contributed by atoms with Gasteiger partial charge in [-0.3, -0.25) is 4.90 Å². The lowest BCUT2D eigenvalue weighted by molar-refractivity contribution is 0.227. The van der Waals surface area contributed by atoms with Crippen LogP contribution in [0.15, 0.2) is 52.9 Å². The molecular weight excluding hydrogens is 324 g/mol. The molecule has 0 atom stereocenters. The Kier molecular flexibility index (Phi) is 4.71. The number of rotatable bonds is 4. The summed E-state index contributed by atoms with van der Waals surface area (Å²) in [6, 6.07) is 16.6. The second-order valence-electron chi connectivity index (χ2n) is 6.92.